The standard InChI is InChI=1S/C17H19FN4OS/c1-12-10-22-16(20-12)24-15(21-22)19-11-17(5-7-23-8-6-17)13-3-2-4-14(18)9-13/h2-4,9-10H,5-8,11H2,1H3,(H,19,21). The van der Waals surface area contributed by atoms with Crippen LogP contribution in [0.3, 0.4) is 0 Å². The molecule has 7 heteroatoms. The van der Waals surface area contributed by atoms with Crippen LogP contribution in [0.25, 0.3) is 4.96 Å². The fourth-order valence-electron chi connectivity index (χ4n) is 3.27. The number of aromatic nitrogens is 3. The Morgan fingerprint density at radius 2 is 2.21 bits per heavy atom. The Morgan fingerprint density at radius 3 is 2.96 bits per heavy atom. The third kappa shape index (κ3) is 2.89. The quantitative estimate of drug-likeness (QED) is 0.787. The van der Waals surface area contributed by atoms with Crippen LogP contribution in [0.1, 0.15) is 24.1 Å². The van der Waals surface area contributed by atoms with E-state index in [1.165, 1.54) is 17.4 Å². The van der Waals surface area contributed by atoms with Crippen molar-refractivity contribution in [3.05, 3.63) is 47.5 Å². The molecule has 0 amide bonds. The highest BCUT2D eigenvalue weighted by molar-refractivity contribution is 7.20. The van der Waals surface area contributed by atoms with E-state index in [1.54, 1.807) is 16.6 Å². The predicted octanol–water partition coefficient (Wildman–Crippen LogP) is 3.40. The number of benzene rings is 1. The lowest BCUT2D eigenvalue weighted by Crippen LogP contribution is -2.40. The van der Waals surface area contributed by atoms with Gasteiger partial charge in [-0.2, -0.15) is 0 Å². The fourth-order valence-corrected chi connectivity index (χ4v) is 4.10. The van der Waals surface area contributed by atoms with Gasteiger partial charge in [0.2, 0.25) is 10.1 Å². The van der Waals surface area contributed by atoms with Crippen molar-refractivity contribution in [2.75, 3.05) is 25.1 Å². The number of fused-ring (bicyclic) bond motifs is 1. The van der Waals surface area contributed by atoms with Crippen LogP contribution in [0.15, 0.2) is 30.5 Å². The lowest BCUT2D eigenvalue weighted by Gasteiger charge is -2.37. The SMILES string of the molecule is Cc1cn2nc(NCC3(c4cccc(F)c4)CCOCC3)sc2n1. The molecule has 5 nitrogen and oxygen atoms in total. The molecule has 2 aromatic heterocycles. The van der Waals surface area contributed by atoms with Crippen molar-refractivity contribution < 1.29 is 9.13 Å². The van der Waals surface area contributed by atoms with E-state index in [9.17, 15) is 4.39 Å². The zero-order valence-electron chi connectivity index (χ0n) is 13.5. The van der Waals surface area contributed by atoms with Gasteiger partial charge in [0.05, 0.1) is 11.9 Å². The molecule has 4 rings (SSSR count). The molecule has 0 bridgehead atoms. The van der Waals surface area contributed by atoms with Crippen molar-refractivity contribution in [1.29, 1.82) is 0 Å². The summed E-state index contributed by atoms with van der Waals surface area (Å²) in [6.07, 6.45) is 3.64. The van der Waals surface area contributed by atoms with Gasteiger partial charge >= 0.3 is 0 Å². The number of imidazole rings is 1. The molecular weight excluding hydrogens is 327 g/mol. The smallest absolute Gasteiger partial charge is 0.214 e. The van der Waals surface area contributed by atoms with Gasteiger partial charge in [0, 0.05) is 25.2 Å². The number of hydrogen-bond donors (Lipinski definition) is 1. The van der Waals surface area contributed by atoms with Crippen LogP contribution in [0.4, 0.5) is 9.52 Å². The Hall–Kier alpha value is -1.99. The van der Waals surface area contributed by atoms with Crippen LogP contribution >= 0.6 is 11.3 Å². The summed E-state index contributed by atoms with van der Waals surface area (Å²) in [7, 11) is 0. The van der Waals surface area contributed by atoms with Crippen molar-refractivity contribution in [3.63, 3.8) is 0 Å². The van der Waals surface area contributed by atoms with E-state index >= 15 is 0 Å². The van der Waals surface area contributed by atoms with E-state index in [1.807, 2.05) is 19.2 Å². The summed E-state index contributed by atoms with van der Waals surface area (Å²) >= 11 is 1.53. The summed E-state index contributed by atoms with van der Waals surface area (Å²) in [4.78, 5) is 5.30. The first-order valence-electron chi connectivity index (χ1n) is 8.05. The van der Waals surface area contributed by atoms with E-state index in [0.29, 0.717) is 19.8 Å². The highest BCUT2D eigenvalue weighted by Gasteiger charge is 2.35. The second-order valence-electron chi connectivity index (χ2n) is 6.27. The molecule has 1 aliphatic rings. The van der Waals surface area contributed by atoms with Gasteiger partial charge in [-0.1, -0.05) is 23.5 Å². The third-order valence-electron chi connectivity index (χ3n) is 4.63. The van der Waals surface area contributed by atoms with E-state index in [2.05, 4.69) is 15.4 Å². The second kappa shape index (κ2) is 6.14. The first kappa shape index (κ1) is 15.5. The summed E-state index contributed by atoms with van der Waals surface area (Å²) in [6, 6.07) is 6.92. The average Bonchev–Trinajstić information content (AvgIpc) is 3.11. The Bertz CT molecular complexity index is 822. The first-order valence-corrected chi connectivity index (χ1v) is 8.87. The molecule has 3 heterocycles. The van der Waals surface area contributed by atoms with Gasteiger partial charge in [-0.25, -0.2) is 13.9 Å². The van der Waals surface area contributed by atoms with Crippen molar-refractivity contribution in [3.8, 4) is 0 Å². The molecule has 126 valence electrons. The molecule has 0 spiro atoms. The summed E-state index contributed by atoms with van der Waals surface area (Å²) in [5.41, 5.74) is 1.85. The third-order valence-corrected chi connectivity index (χ3v) is 5.51. The van der Waals surface area contributed by atoms with Crippen LogP contribution < -0.4 is 5.32 Å². The number of ether oxygens (including phenoxy) is 1. The van der Waals surface area contributed by atoms with E-state index in [4.69, 9.17) is 4.74 Å². The minimum atomic E-state index is -0.193. The molecule has 1 aliphatic heterocycles. The predicted molar refractivity (Wildman–Crippen MR) is 92.2 cm³/mol. The van der Waals surface area contributed by atoms with Crippen LogP contribution in [0.2, 0.25) is 0 Å². The number of nitrogens with zero attached hydrogens (tertiary/aromatic N) is 3. The Labute approximate surface area is 143 Å². The Balaban J connectivity index is 1.58. The van der Waals surface area contributed by atoms with Crippen molar-refractivity contribution in [2.24, 2.45) is 0 Å². The molecular formula is C17H19FN4OS. The average molecular weight is 346 g/mol. The minimum Gasteiger partial charge on any atom is -0.381 e. The summed E-state index contributed by atoms with van der Waals surface area (Å²) in [5.74, 6) is -0.193. The Morgan fingerprint density at radius 1 is 1.38 bits per heavy atom. The molecule has 0 aliphatic carbocycles. The van der Waals surface area contributed by atoms with E-state index in [-0.39, 0.29) is 11.2 Å². The van der Waals surface area contributed by atoms with Crippen molar-refractivity contribution in [1.82, 2.24) is 14.6 Å². The van der Waals surface area contributed by atoms with E-state index < -0.39 is 0 Å². The topological polar surface area (TPSA) is 51.5 Å². The zero-order chi connectivity index (χ0) is 16.6. The maximum Gasteiger partial charge on any atom is 0.214 e. The van der Waals surface area contributed by atoms with Crippen LogP contribution in [0.5, 0.6) is 0 Å². The van der Waals surface area contributed by atoms with Gasteiger partial charge < -0.3 is 10.1 Å². The van der Waals surface area contributed by atoms with Crippen molar-refractivity contribution in [2.45, 2.75) is 25.2 Å². The van der Waals surface area contributed by atoms with Gasteiger partial charge in [0.15, 0.2) is 0 Å². The molecule has 1 saturated heterocycles. The molecule has 1 N–H and O–H groups in total. The monoisotopic (exact) mass is 346 g/mol. The number of aryl methyl sites for hydroxylation is 1. The summed E-state index contributed by atoms with van der Waals surface area (Å²) < 4.78 is 21.0. The van der Waals surface area contributed by atoms with Crippen LogP contribution in [-0.2, 0) is 10.2 Å². The van der Waals surface area contributed by atoms with Crippen LogP contribution in [-0.4, -0.2) is 34.4 Å². The number of rotatable bonds is 4. The second-order valence-corrected chi connectivity index (χ2v) is 7.23. The Kier molecular flexibility index (Phi) is 3.97. The molecule has 1 fully saturated rings. The number of halogens is 1. The number of nitrogens with one attached hydrogen (secondary N) is 1. The number of hydrogen-bond acceptors (Lipinski definition) is 5. The molecule has 0 unspecified atom stereocenters. The lowest BCUT2D eigenvalue weighted by atomic mass is 9.74. The maximum atomic E-state index is 13.7. The number of anilines is 1. The van der Waals surface area contributed by atoms with Crippen LogP contribution in [0, 0.1) is 12.7 Å². The zero-order valence-corrected chi connectivity index (χ0v) is 14.3. The van der Waals surface area contributed by atoms with Gasteiger partial charge in [-0.15, -0.1) is 5.10 Å². The van der Waals surface area contributed by atoms with Gasteiger partial charge in [0.1, 0.15) is 5.82 Å². The normalized spacial score (nSPS) is 17.2. The molecule has 0 saturated carbocycles. The van der Waals surface area contributed by atoms with Gasteiger partial charge in [-0.3, -0.25) is 0 Å². The maximum absolute atomic E-state index is 13.7. The minimum absolute atomic E-state index is 0.135. The largest absolute Gasteiger partial charge is 0.381 e. The van der Waals surface area contributed by atoms with Gasteiger partial charge in [0.25, 0.3) is 0 Å². The molecule has 1 aromatic carbocycles. The highest BCUT2D eigenvalue weighted by atomic mass is 32.1. The molecule has 3 aromatic rings. The molecule has 24 heavy (non-hydrogen) atoms. The molecule has 0 atom stereocenters. The molecule has 0 radical (unpaired) electrons. The fraction of sp³-hybridized carbons (Fsp3) is 0.412. The summed E-state index contributed by atoms with van der Waals surface area (Å²) in [6.45, 7) is 4.04. The lowest BCUT2D eigenvalue weighted by molar-refractivity contribution is 0.0543. The summed E-state index contributed by atoms with van der Waals surface area (Å²) in [5, 5.41) is 8.79. The van der Waals surface area contributed by atoms with Crippen molar-refractivity contribution >= 4 is 21.4 Å². The highest BCUT2D eigenvalue weighted by Crippen LogP contribution is 2.35. The van der Waals surface area contributed by atoms with E-state index in [0.717, 1.165) is 34.2 Å². The first-order chi connectivity index (χ1) is 11.6. The van der Waals surface area contributed by atoms with Gasteiger partial charge in [-0.05, 0) is 37.5 Å².